The number of hydrogen-bond donors (Lipinski definition) is 0. The molecule has 0 saturated carbocycles. The van der Waals surface area contributed by atoms with Crippen molar-refractivity contribution in [3.63, 3.8) is 0 Å². The number of pyridine rings is 1. The van der Waals surface area contributed by atoms with Gasteiger partial charge < -0.3 is 9.64 Å². The van der Waals surface area contributed by atoms with Crippen LogP contribution in [-0.4, -0.2) is 41.8 Å². The van der Waals surface area contributed by atoms with Crippen LogP contribution in [0.15, 0.2) is 91.3 Å². The Hall–Kier alpha value is -4.68. The van der Waals surface area contributed by atoms with E-state index in [1.54, 1.807) is 24.5 Å². The van der Waals surface area contributed by atoms with E-state index in [-0.39, 0.29) is 30.8 Å². The Morgan fingerprint density at radius 1 is 0.950 bits per heavy atom. The fourth-order valence-electron chi connectivity index (χ4n) is 5.11. The van der Waals surface area contributed by atoms with E-state index in [4.69, 9.17) is 0 Å². The lowest BCUT2D eigenvalue weighted by Crippen LogP contribution is -2.51. The molecule has 40 heavy (non-hydrogen) atoms. The zero-order valence-corrected chi connectivity index (χ0v) is 21.6. The summed E-state index contributed by atoms with van der Waals surface area (Å²) in [5, 5.41) is 9.83. The van der Waals surface area contributed by atoms with Crippen molar-refractivity contribution >= 4 is 11.6 Å². The molecule has 5 rings (SSSR count). The van der Waals surface area contributed by atoms with Gasteiger partial charge in [0.25, 0.3) is 0 Å². The molecule has 0 spiro atoms. The topological polar surface area (TPSA) is 69.5 Å². The summed E-state index contributed by atoms with van der Waals surface area (Å²) >= 11 is 0. The van der Waals surface area contributed by atoms with Gasteiger partial charge in [-0.2, -0.15) is 5.26 Å². The van der Waals surface area contributed by atoms with E-state index in [9.17, 15) is 23.2 Å². The lowest BCUT2D eigenvalue weighted by molar-refractivity contribution is -0.274. The molecule has 6 nitrogen and oxygen atoms in total. The molecule has 9 heteroatoms. The Kier molecular flexibility index (Phi) is 7.54. The van der Waals surface area contributed by atoms with Gasteiger partial charge in [-0.3, -0.25) is 14.7 Å². The SMILES string of the molecule is Cc1ccccc1-c1cc(C(c2cccnc2)N2CCN(c3cccc(OC(F)(F)F)c3)C(=O)C2)ccc1C#N. The third-order valence-electron chi connectivity index (χ3n) is 6.89. The van der Waals surface area contributed by atoms with Gasteiger partial charge in [0.2, 0.25) is 5.91 Å². The van der Waals surface area contributed by atoms with Crippen LogP contribution in [0.5, 0.6) is 5.75 Å². The molecule has 0 aliphatic carbocycles. The quantitative estimate of drug-likeness (QED) is 0.288. The second-order valence-electron chi connectivity index (χ2n) is 9.48. The molecule has 1 fully saturated rings. The summed E-state index contributed by atoms with van der Waals surface area (Å²) in [6.07, 6.45) is -1.39. The second-order valence-corrected chi connectivity index (χ2v) is 9.48. The number of nitriles is 1. The number of carbonyl (C=O) groups excluding carboxylic acids is 1. The third-order valence-corrected chi connectivity index (χ3v) is 6.89. The summed E-state index contributed by atoms with van der Waals surface area (Å²) in [6.45, 7) is 2.75. The van der Waals surface area contributed by atoms with Crippen LogP contribution in [0, 0.1) is 18.3 Å². The fraction of sp³-hybridized carbons (Fsp3) is 0.194. The van der Waals surface area contributed by atoms with E-state index >= 15 is 0 Å². The Labute approximate surface area is 229 Å². The number of benzene rings is 3. The number of amides is 1. The van der Waals surface area contributed by atoms with Gasteiger partial charge in [0.1, 0.15) is 5.75 Å². The number of halogens is 3. The van der Waals surface area contributed by atoms with Crippen LogP contribution in [0.3, 0.4) is 0 Å². The van der Waals surface area contributed by atoms with Gasteiger partial charge >= 0.3 is 6.36 Å². The number of anilines is 1. The molecule has 1 aliphatic heterocycles. The predicted molar refractivity (Wildman–Crippen MR) is 144 cm³/mol. The minimum absolute atomic E-state index is 0.0314. The zero-order valence-electron chi connectivity index (χ0n) is 21.6. The molecule has 1 aliphatic rings. The maximum Gasteiger partial charge on any atom is 0.573 e. The molecule has 0 radical (unpaired) electrons. The highest BCUT2D eigenvalue weighted by molar-refractivity contribution is 5.95. The monoisotopic (exact) mass is 542 g/mol. The molecule has 1 aromatic heterocycles. The molecule has 0 bridgehead atoms. The number of aromatic nitrogens is 1. The van der Waals surface area contributed by atoms with Crippen molar-refractivity contribution in [3.05, 3.63) is 114 Å². The average molecular weight is 543 g/mol. The van der Waals surface area contributed by atoms with Crippen molar-refractivity contribution in [2.24, 2.45) is 0 Å². The van der Waals surface area contributed by atoms with Crippen LogP contribution in [0.25, 0.3) is 11.1 Å². The largest absolute Gasteiger partial charge is 0.573 e. The predicted octanol–water partition coefficient (Wildman–Crippen LogP) is 6.27. The molecular formula is C31H25F3N4O2. The van der Waals surface area contributed by atoms with E-state index in [0.29, 0.717) is 17.8 Å². The summed E-state index contributed by atoms with van der Waals surface area (Å²) in [5.74, 6) is -0.633. The molecule has 2 heterocycles. The maximum absolute atomic E-state index is 13.4. The highest BCUT2D eigenvalue weighted by Crippen LogP contribution is 2.35. The van der Waals surface area contributed by atoms with Crippen LogP contribution in [0.2, 0.25) is 0 Å². The van der Waals surface area contributed by atoms with Gasteiger partial charge in [-0.05, 0) is 59.5 Å². The van der Waals surface area contributed by atoms with Gasteiger partial charge in [-0.1, -0.05) is 42.5 Å². The number of ether oxygens (including phenoxy) is 1. The molecular weight excluding hydrogens is 517 g/mol. The van der Waals surface area contributed by atoms with Crippen molar-refractivity contribution in [2.75, 3.05) is 24.5 Å². The van der Waals surface area contributed by atoms with Crippen molar-refractivity contribution < 1.29 is 22.7 Å². The summed E-state index contributed by atoms with van der Waals surface area (Å²) in [5.41, 5.74) is 5.45. The Bertz CT molecular complexity index is 1570. The lowest BCUT2D eigenvalue weighted by Gasteiger charge is -2.39. The Morgan fingerprint density at radius 2 is 1.77 bits per heavy atom. The summed E-state index contributed by atoms with van der Waals surface area (Å²) in [7, 11) is 0. The van der Waals surface area contributed by atoms with Crippen LogP contribution < -0.4 is 9.64 Å². The van der Waals surface area contributed by atoms with Crippen LogP contribution in [0.1, 0.15) is 28.3 Å². The van der Waals surface area contributed by atoms with Gasteiger partial charge in [0.05, 0.1) is 24.2 Å². The summed E-state index contributed by atoms with van der Waals surface area (Å²) in [4.78, 5) is 21.2. The molecule has 1 amide bonds. The second kappa shape index (κ2) is 11.2. The number of aryl methyl sites for hydroxylation is 1. The standard InChI is InChI=1S/C31H25F3N4O2/c1-21-6-2-3-10-27(21)28-16-22(11-12-23(28)18-35)30(24-7-5-13-36-19-24)37-14-15-38(29(39)20-37)25-8-4-9-26(17-25)40-31(32,33)34/h2-13,16-17,19,30H,14-15,20H2,1H3. The maximum atomic E-state index is 13.4. The minimum atomic E-state index is -4.82. The molecule has 1 unspecified atom stereocenters. The van der Waals surface area contributed by atoms with E-state index in [1.165, 1.54) is 23.1 Å². The number of alkyl halides is 3. The van der Waals surface area contributed by atoms with Crippen molar-refractivity contribution in [1.82, 2.24) is 9.88 Å². The first-order valence-corrected chi connectivity index (χ1v) is 12.6. The van der Waals surface area contributed by atoms with Crippen LogP contribution in [-0.2, 0) is 4.79 Å². The number of hydrogen-bond acceptors (Lipinski definition) is 5. The summed E-state index contributed by atoms with van der Waals surface area (Å²) < 4.78 is 42.2. The first-order valence-electron chi connectivity index (χ1n) is 12.6. The zero-order chi connectivity index (χ0) is 28.3. The number of piperazine rings is 1. The molecule has 1 saturated heterocycles. The minimum Gasteiger partial charge on any atom is -0.406 e. The van der Waals surface area contributed by atoms with Gasteiger partial charge in [-0.25, -0.2) is 0 Å². The van der Waals surface area contributed by atoms with E-state index in [2.05, 4.69) is 15.8 Å². The highest BCUT2D eigenvalue weighted by atomic mass is 19.4. The normalized spacial score (nSPS) is 15.0. The van der Waals surface area contributed by atoms with Gasteiger partial charge in [-0.15, -0.1) is 13.2 Å². The van der Waals surface area contributed by atoms with Crippen molar-refractivity contribution in [2.45, 2.75) is 19.3 Å². The van der Waals surface area contributed by atoms with E-state index in [0.717, 1.165) is 27.8 Å². The molecule has 3 aromatic carbocycles. The molecule has 4 aromatic rings. The smallest absolute Gasteiger partial charge is 0.406 e. The fourth-order valence-corrected chi connectivity index (χ4v) is 5.11. The molecule has 1 atom stereocenters. The molecule has 202 valence electrons. The number of rotatable bonds is 6. The first-order chi connectivity index (χ1) is 19.2. The Balaban J connectivity index is 1.48. The number of nitrogens with zero attached hydrogens (tertiary/aromatic N) is 4. The third kappa shape index (κ3) is 5.82. The van der Waals surface area contributed by atoms with Crippen molar-refractivity contribution in [1.29, 1.82) is 5.26 Å². The average Bonchev–Trinajstić information content (AvgIpc) is 2.93. The van der Waals surface area contributed by atoms with Gasteiger partial charge in [0.15, 0.2) is 0 Å². The Morgan fingerprint density at radius 3 is 2.48 bits per heavy atom. The van der Waals surface area contributed by atoms with Crippen LogP contribution >= 0.6 is 0 Å². The van der Waals surface area contributed by atoms with Gasteiger partial charge in [0, 0.05) is 42.8 Å². The lowest BCUT2D eigenvalue weighted by atomic mass is 9.90. The summed E-state index contributed by atoms with van der Waals surface area (Å²) in [6, 6.07) is 24.7. The highest BCUT2D eigenvalue weighted by Gasteiger charge is 2.34. The number of carbonyl (C=O) groups is 1. The first kappa shape index (κ1) is 26.9. The van der Waals surface area contributed by atoms with E-state index in [1.807, 2.05) is 60.4 Å². The molecule has 0 N–H and O–H groups in total. The van der Waals surface area contributed by atoms with Crippen molar-refractivity contribution in [3.8, 4) is 22.9 Å². The van der Waals surface area contributed by atoms with E-state index < -0.39 is 6.36 Å². The van der Waals surface area contributed by atoms with Crippen LogP contribution in [0.4, 0.5) is 18.9 Å².